The molecule has 1 atom stereocenters. The van der Waals surface area contributed by atoms with Crippen LogP contribution in [0.1, 0.15) is 42.5 Å². The van der Waals surface area contributed by atoms with Crippen LogP contribution in [0.4, 0.5) is 0 Å². The summed E-state index contributed by atoms with van der Waals surface area (Å²) < 4.78 is 5.72. The number of hydrogen-bond donors (Lipinski definition) is 0. The number of fused-ring (bicyclic) bond motifs is 1. The second kappa shape index (κ2) is 7.41. The number of likely N-dealkylation sites (tertiary alicyclic amines) is 2. The molecule has 5 rings (SSSR count). The van der Waals surface area contributed by atoms with Crippen LogP contribution in [0.25, 0.3) is 10.9 Å². The normalized spacial score (nSPS) is 24.0. The van der Waals surface area contributed by atoms with Crippen molar-refractivity contribution in [1.82, 2.24) is 14.8 Å². The lowest BCUT2D eigenvalue weighted by Gasteiger charge is -2.39. The second-order valence-corrected chi connectivity index (χ2v) is 8.79. The summed E-state index contributed by atoms with van der Waals surface area (Å²) in [6.07, 6.45) is 6.52. The van der Waals surface area contributed by atoms with Crippen LogP contribution in [0.2, 0.25) is 0 Å². The zero-order valence-electron chi connectivity index (χ0n) is 16.7. The van der Waals surface area contributed by atoms with E-state index in [1.807, 2.05) is 40.1 Å². The Bertz CT molecular complexity index is 930. The minimum atomic E-state index is 0.0276. The van der Waals surface area contributed by atoms with Gasteiger partial charge in [-0.1, -0.05) is 6.07 Å². The van der Waals surface area contributed by atoms with Gasteiger partial charge in [-0.3, -0.25) is 14.6 Å². The Kier molecular flexibility index (Phi) is 4.74. The Morgan fingerprint density at radius 1 is 1.24 bits per heavy atom. The van der Waals surface area contributed by atoms with Gasteiger partial charge in [0, 0.05) is 61.8 Å². The minimum absolute atomic E-state index is 0.0276. The van der Waals surface area contributed by atoms with E-state index in [9.17, 15) is 9.59 Å². The maximum Gasteiger partial charge on any atom is 0.253 e. The van der Waals surface area contributed by atoms with Crippen molar-refractivity contribution < 1.29 is 14.3 Å². The van der Waals surface area contributed by atoms with Crippen molar-refractivity contribution in [2.75, 3.05) is 32.8 Å². The maximum atomic E-state index is 13.0. The third-order valence-corrected chi connectivity index (χ3v) is 6.81. The first kappa shape index (κ1) is 18.6. The zero-order chi connectivity index (χ0) is 19.8. The smallest absolute Gasteiger partial charge is 0.253 e. The first-order chi connectivity index (χ1) is 14.1. The number of amides is 2. The van der Waals surface area contributed by atoms with Crippen LogP contribution in [0, 0.1) is 5.41 Å². The highest BCUT2D eigenvalue weighted by atomic mass is 16.5. The zero-order valence-corrected chi connectivity index (χ0v) is 16.7. The summed E-state index contributed by atoms with van der Waals surface area (Å²) in [4.78, 5) is 33.9. The van der Waals surface area contributed by atoms with Crippen LogP contribution < -0.4 is 0 Å². The van der Waals surface area contributed by atoms with E-state index in [0.29, 0.717) is 25.1 Å². The molecule has 3 aliphatic heterocycles. The second-order valence-electron chi connectivity index (χ2n) is 8.79. The molecule has 0 aliphatic carbocycles. The Labute approximate surface area is 170 Å². The van der Waals surface area contributed by atoms with Gasteiger partial charge in [-0.05, 0) is 49.9 Å². The summed E-state index contributed by atoms with van der Waals surface area (Å²) in [7, 11) is 0. The van der Waals surface area contributed by atoms with Crippen LogP contribution in [-0.4, -0.2) is 65.5 Å². The molecule has 3 saturated heterocycles. The molecular weight excluding hydrogens is 366 g/mol. The van der Waals surface area contributed by atoms with Gasteiger partial charge in [0.1, 0.15) is 0 Å². The highest BCUT2D eigenvalue weighted by molar-refractivity contribution is 5.98. The number of carbonyl (C=O) groups is 2. The Balaban J connectivity index is 1.22. The van der Waals surface area contributed by atoms with Crippen LogP contribution in [0.3, 0.4) is 0 Å². The van der Waals surface area contributed by atoms with E-state index in [0.717, 1.165) is 56.3 Å². The molecular formula is C23H27N3O3. The molecule has 0 saturated carbocycles. The predicted molar refractivity (Wildman–Crippen MR) is 109 cm³/mol. The monoisotopic (exact) mass is 393 g/mol. The first-order valence-corrected chi connectivity index (χ1v) is 10.7. The average Bonchev–Trinajstić information content (AvgIpc) is 3.36. The van der Waals surface area contributed by atoms with Crippen molar-refractivity contribution in [3.8, 4) is 0 Å². The molecule has 29 heavy (non-hydrogen) atoms. The number of benzene rings is 1. The molecule has 1 unspecified atom stereocenters. The number of ether oxygens (including phenoxy) is 1. The van der Waals surface area contributed by atoms with Crippen molar-refractivity contribution in [3.63, 3.8) is 0 Å². The maximum absolute atomic E-state index is 13.0. The number of piperidine rings is 1. The highest BCUT2D eigenvalue weighted by Crippen LogP contribution is 2.41. The van der Waals surface area contributed by atoms with E-state index in [-0.39, 0.29) is 23.3 Å². The van der Waals surface area contributed by atoms with Gasteiger partial charge in [-0.15, -0.1) is 0 Å². The summed E-state index contributed by atoms with van der Waals surface area (Å²) in [5.41, 5.74) is 1.64. The molecule has 1 aromatic heterocycles. The molecule has 6 heteroatoms. The molecule has 1 spiro atoms. The van der Waals surface area contributed by atoms with E-state index in [1.165, 1.54) is 0 Å². The van der Waals surface area contributed by atoms with Gasteiger partial charge < -0.3 is 14.5 Å². The SMILES string of the molecule is O=C1CC2(CCN(C(=O)c3ccc4ncccc4c3)CC2)CN1CC1CCCO1. The number of aromatic nitrogens is 1. The number of nitrogens with zero attached hydrogens (tertiary/aromatic N) is 3. The molecule has 0 radical (unpaired) electrons. The summed E-state index contributed by atoms with van der Waals surface area (Å²) in [6.45, 7) is 3.79. The molecule has 3 aliphatic rings. The minimum Gasteiger partial charge on any atom is -0.376 e. The van der Waals surface area contributed by atoms with Crippen LogP contribution in [0.5, 0.6) is 0 Å². The molecule has 0 N–H and O–H groups in total. The van der Waals surface area contributed by atoms with Gasteiger partial charge in [0.05, 0.1) is 11.6 Å². The van der Waals surface area contributed by atoms with Crippen molar-refractivity contribution >= 4 is 22.7 Å². The summed E-state index contributed by atoms with van der Waals surface area (Å²) in [6, 6.07) is 9.58. The molecule has 2 aromatic rings. The Morgan fingerprint density at radius 2 is 2.10 bits per heavy atom. The third-order valence-electron chi connectivity index (χ3n) is 6.81. The lowest BCUT2D eigenvalue weighted by molar-refractivity contribution is -0.129. The largest absolute Gasteiger partial charge is 0.376 e. The first-order valence-electron chi connectivity index (χ1n) is 10.7. The lowest BCUT2D eigenvalue weighted by Crippen LogP contribution is -2.44. The van der Waals surface area contributed by atoms with Gasteiger partial charge in [-0.2, -0.15) is 0 Å². The van der Waals surface area contributed by atoms with Gasteiger partial charge >= 0.3 is 0 Å². The topological polar surface area (TPSA) is 62.7 Å². The van der Waals surface area contributed by atoms with Crippen LogP contribution in [-0.2, 0) is 9.53 Å². The molecule has 2 amide bonds. The summed E-state index contributed by atoms with van der Waals surface area (Å²) >= 11 is 0. The predicted octanol–water partition coefficient (Wildman–Crippen LogP) is 2.87. The van der Waals surface area contributed by atoms with Gasteiger partial charge in [-0.25, -0.2) is 0 Å². The van der Waals surface area contributed by atoms with E-state index < -0.39 is 0 Å². The van der Waals surface area contributed by atoms with Gasteiger partial charge in [0.2, 0.25) is 5.91 Å². The quantitative estimate of drug-likeness (QED) is 0.805. The summed E-state index contributed by atoms with van der Waals surface area (Å²) in [5, 5.41) is 0.984. The fourth-order valence-corrected chi connectivity index (χ4v) is 5.09. The van der Waals surface area contributed by atoms with E-state index >= 15 is 0 Å². The molecule has 1 aromatic carbocycles. The number of hydrogen-bond acceptors (Lipinski definition) is 4. The average molecular weight is 393 g/mol. The van der Waals surface area contributed by atoms with Crippen molar-refractivity contribution in [2.45, 2.75) is 38.2 Å². The third kappa shape index (κ3) is 3.62. The number of rotatable bonds is 3. The summed E-state index contributed by atoms with van der Waals surface area (Å²) in [5.74, 6) is 0.327. The lowest BCUT2D eigenvalue weighted by atomic mass is 9.77. The molecule has 6 nitrogen and oxygen atoms in total. The number of pyridine rings is 1. The fraction of sp³-hybridized carbons (Fsp3) is 0.522. The number of carbonyl (C=O) groups excluding carboxylic acids is 2. The van der Waals surface area contributed by atoms with Crippen molar-refractivity contribution in [3.05, 3.63) is 42.1 Å². The van der Waals surface area contributed by atoms with Gasteiger partial charge in [0.15, 0.2) is 0 Å². The van der Waals surface area contributed by atoms with Crippen LogP contribution in [0.15, 0.2) is 36.5 Å². The molecule has 3 fully saturated rings. The Hall–Kier alpha value is -2.47. The van der Waals surface area contributed by atoms with Gasteiger partial charge in [0.25, 0.3) is 5.91 Å². The highest BCUT2D eigenvalue weighted by Gasteiger charge is 2.46. The van der Waals surface area contributed by atoms with Crippen molar-refractivity contribution in [2.24, 2.45) is 5.41 Å². The van der Waals surface area contributed by atoms with E-state index in [1.54, 1.807) is 6.20 Å². The molecule has 4 heterocycles. The van der Waals surface area contributed by atoms with E-state index in [4.69, 9.17) is 4.74 Å². The molecule has 0 bridgehead atoms. The standard InChI is InChI=1S/C23H27N3O3/c27-21-14-23(16-26(21)15-19-4-2-12-29-19)7-10-25(11-8-23)22(28)18-5-6-20-17(13-18)3-1-9-24-20/h1,3,5-6,9,13,19H,2,4,7-8,10-12,14-16H2. The van der Waals surface area contributed by atoms with E-state index in [2.05, 4.69) is 4.98 Å². The van der Waals surface area contributed by atoms with Crippen LogP contribution >= 0.6 is 0 Å². The Morgan fingerprint density at radius 3 is 2.90 bits per heavy atom. The molecule has 152 valence electrons. The van der Waals surface area contributed by atoms with Crippen molar-refractivity contribution in [1.29, 1.82) is 0 Å². The fourth-order valence-electron chi connectivity index (χ4n) is 5.09.